The predicted octanol–water partition coefficient (Wildman–Crippen LogP) is 1.63. The summed E-state index contributed by atoms with van der Waals surface area (Å²) in [5.41, 5.74) is 0.465. The van der Waals surface area contributed by atoms with Gasteiger partial charge in [-0.2, -0.15) is 0 Å². The monoisotopic (exact) mass is 375 g/mol. The van der Waals surface area contributed by atoms with Gasteiger partial charge < -0.3 is 9.64 Å². The lowest BCUT2D eigenvalue weighted by atomic mass is 10.2. The molecule has 0 spiro atoms. The molecule has 0 N–H and O–H groups in total. The minimum atomic E-state index is -3.50. The Hall–Kier alpha value is -2.45. The number of pyridine rings is 1. The van der Waals surface area contributed by atoms with Crippen molar-refractivity contribution in [2.24, 2.45) is 0 Å². The van der Waals surface area contributed by atoms with Crippen molar-refractivity contribution < 1.29 is 17.9 Å². The third-order valence-corrected chi connectivity index (χ3v) is 6.09. The molecule has 7 nitrogen and oxygen atoms in total. The van der Waals surface area contributed by atoms with Gasteiger partial charge in [-0.1, -0.05) is 0 Å². The molecule has 0 saturated carbocycles. The average Bonchev–Trinajstić information content (AvgIpc) is 3.10. The van der Waals surface area contributed by atoms with Crippen LogP contribution >= 0.6 is 0 Å². The molecule has 2 heterocycles. The Morgan fingerprint density at radius 1 is 1.15 bits per heavy atom. The van der Waals surface area contributed by atoms with Crippen molar-refractivity contribution in [2.75, 3.05) is 27.2 Å². The van der Waals surface area contributed by atoms with Gasteiger partial charge in [0.15, 0.2) is 0 Å². The van der Waals surface area contributed by atoms with Gasteiger partial charge in [0, 0.05) is 45.0 Å². The second-order valence-corrected chi connectivity index (χ2v) is 8.43. The van der Waals surface area contributed by atoms with E-state index in [0.717, 1.165) is 16.5 Å². The van der Waals surface area contributed by atoms with Crippen molar-refractivity contribution >= 4 is 15.9 Å². The molecule has 0 bridgehead atoms. The van der Waals surface area contributed by atoms with Crippen molar-refractivity contribution in [1.29, 1.82) is 0 Å². The summed E-state index contributed by atoms with van der Waals surface area (Å²) in [5, 5.41) is 0. The zero-order valence-corrected chi connectivity index (χ0v) is 15.5. The highest BCUT2D eigenvalue weighted by Crippen LogP contribution is 2.20. The molecular weight excluding hydrogens is 354 g/mol. The maximum absolute atomic E-state index is 12.6. The zero-order chi connectivity index (χ0) is 18.7. The Bertz CT molecular complexity index is 867. The number of hydrogen-bond acceptors (Lipinski definition) is 5. The van der Waals surface area contributed by atoms with Gasteiger partial charge >= 0.3 is 0 Å². The van der Waals surface area contributed by atoms with Crippen LogP contribution in [0.15, 0.2) is 53.7 Å². The summed E-state index contributed by atoms with van der Waals surface area (Å²) in [5.74, 6) is 0.608. The molecule has 3 rings (SSSR count). The largest absolute Gasteiger partial charge is 0.488 e. The van der Waals surface area contributed by atoms with Crippen molar-refractivity contribution in [3.63, 3.8) is 0 Å². The van der Waals surface area contributed by atoms with Gasteiger partial charge in [0.25, 0.3) is 5.91 Å². The highest BCUT2D eigenvalue weighted by atomic mass is 32.2. The number of nitrogens with zero attached hydrogens (tertiary/aromatic N) is 3. The smallest absolute Gasteiger partial charge is 0.253 e. The van der Waals surface area contributed by atoms with Gasteiger partial charge in [-0.25, -0.2) is 12.7 Å². The second-order valence-electron chi connectivity index (χ2n) is 6.27. The molecule has 8 heteroatoms. The molecule has 1 amide bonds. The number of rotatable bonds is 5. The third-order valence-electron chi connectivity index (χ3n) is 4.26. The summed E-state index contributed by atoms with van der Waals surface area (Å²) in [6.45, 7) is 1.10. The first-order chi connectivity index (χ1) is 12.4. The Morgan fingerprint density at radius 2 is 1.81 bits per heavy atom. The number of likely N-dealkylation sites (tertiary alicyclic amines) is 1. The number of carbonyl (C=O) groups excluding carboxylic acids is 1. The van der Waals surface area contributed by atoms with Crippen LogP contribution in [0.3, 0.4) is 0 Å². The maximum atomic E-state index is 12.6. The normalized spacial score (nSPS) is 17.5. The highest BCUT2D eigenvalue weighted by molar-refractivity contribution is 7.89. The summed E-state index contributed by atoms with van der Waals surface area (Å²) in [6, 6.07) is 9.60. The number of aromatic nitrogens is 1. The standard InChI is InChI=1S/C18H21N3O4S/c1-20(2)26(23,24)17-5-3-14(4-6-17)18(22)21-12-9-16(13-21)25-15-7-10-19-11-8-15/h3-8,10-11,16H,9,12-13H2,1-2H3/t16-/m1/s1. The average molecular weight is 375 g/mol. The Labute approximate surface area is 153 Å². The van der Waals surface area contributed by atoms with E-state index in [9.17, 15) is 13.2 Å². The number of benzene rings is 1. The lowest BCUT2D eigenvalue weighted by Gasteiger charge is -2.18. The molecule has 0 unspecified atom stereocenters. The number of carbonyl (C=O) groups is 1. The number of amides is 1. The molecule has 1 aromatic heterocycles. The van der Waals surface area contributed by atoms with Crippen molar-refractivity contribution in [3.05, 3.63) is 54.4 Å². The van der Waals surface area contributed by atoms with E-state index in [1.54, 1.807) is 41.6 Å². The fourth-order valence-corrected chi connectivity index (χ4v) is 3.68. The van der Waals surface area contributed by atoms with Gasteiger partial charge in [0.1, 0.15) is 11.9 Å². The summed E-state index contributed by atoms with van der Waals surface area (Å²) >= 11 is 0. The Morgan fingerprint density at radius 3 is 2.42 bits per heavy atom. The van der Waals surface area contributed by atoms with E-state index in [1.807, 2.05) is 0 Å². The fraction of sp³-hybridized carbons (Fsp3) is 0.333. The first kappa shape index (κ1) is 18.3. The van der Waals surface area contributed by atoms with E-state index in [0.29, 0.717) is 18.7 Å². The van der Waals surface area contributed by atoms with Crippen LogP contribution < -0.4 is 4.74 Å². The molecule has 0 aliphatic carbocycles. The van der Waals surface area contributed by atoms with E-state index < -0.39 is 10.0 Å². The van der Waals surface area contributed by atoms with E-state index >= 15 is 0 Å². The van der Waals surface area contributed by atoms with Crippen molar-refractivity contribution in [3.8, 4) is 5.75 Å². The van der Waals surface area contributed by atoms with Gasteiger partial charge in [0.05, 0.1) is 11.4 Å². The highest BCUT2D eigenvalue weighted by Gasteiger charge is 2.28. The second kappa shape index (κ2) is 7.43. The molecule has 138 valence electrons. The van der Waals surface area contributed by atoms with E-state index in [4.69, 9.17) is 4.74 Å². The number of sulfonamides is 1. The number of hydrogen-bond donors (Lipinski definition) is 0. The molecule has 1 aliphatic rings. The van der Waals surface area contributed by atoms with Crippen molar-refractivity contribution in [1.82, 2.24) is 14.2 Å². The Kier molecular flexibility index (Phi) is 5.24. The predicted molar refractivity (Wildman–Crippen MR) is 96.5 cm³/mol. The van der Waals surface area contributed by atoms with Gasteiger partial charge in [-0.3, -0.25) is 9.78 Å². The summed E-state index contributed by atoms with van der Waals surface area (Å²) in [7, 11) is -0.551. The quantitative estimate of drug-likeness (QED) is 0.793. The van der Waals surface area contributed by atoms with Crippen LogP contribution in [0.25, 0.3) is 0 Å². The molecule has 1 saturated heterocycles. The summed E-state index contributed by atoms with van der Waals surface area (Å²) in [6.07, 6.45) is 4.02. The molecule has 2 aromatic rings. The fourth-order valence-electron chi connectivity index (χ4n) is 2.78. The minimum Gasteiger partial charge on any atom is -0.488 e. The third kappa shape index (κ3) is 3.86. The summed E-state index contributed by atoms with van der Waals surface area (Å²) < 4.78 is 31.2. The molecule has 1 fully saturated rings. The van der Waals surface area contributed by atoms with Crippen LogP contribution in [-0.2, 0) is 10.0 Å². The van der Waals surface area contributed by atoms with Crippen LogP contribution in [0.1, 0.15) is 16.8 Å². The SMILES string of the molecule is CN(C)S(=O)(=O)c1ccc(C(=O)N2CC[C@@H](Oc3ccncc3)C2)cc1. The van der Waals surface area contributed by atoms with Crippen LogP contribution in [0.4, 0.5) is 0 Å². The molecule has 1 aliphatic heterocycles. The van der Waals surface area contributed by atoms with Crippen molar-refractivity contribution in [2.45, 2.75) is 17.4 Å². The molecule has 0 radical (unpaired) electrons. The molecule has 1 atom stereocenters. The van der Waals surface area contributed by atoms with Gasteiger partial charge in [-0.15, -0.1) is 0 Å². The first-order valence-electron chi connectivity index (χ1n) is 8.26. The first-order valence-corrected chi connectivity index (χ1v) is 9.70. The van der Waals surface area contributed by atoms with E-state index in [-0.39, 0.29) is 16.9 Å². The topological polar surface area (TPSA) is 79.8 Å². The maximum Gasteiger partial charge on any atom is 0.253 e. The number of ether oxygens (including phenoxy) is 1. The molecule has 1 aromatic carbocycles. The molecular formula is C18H21N3O4S. The lowest BCUT2D eigenvalue weighted by molar-refractivity contribution is 0.0772. The van der Waals surface area contributed by atoms with Crippen LogP contribution in [-0.4, -0.2) is 61.8 Å². The minimum absolute atomic E-state index is 0.0604. The van der Waals surface area contributed by atoms with Gasteiger partial charge in [0.2, 0.25) is 10.0 Å². The van der Waals surface area contributed by atoms with Crippen LogP contribution in [0, 0.1) is 0 Å². The van der Waals surface area contributed by atoms with Crippen LogP contribution in [0.2, 0.25) is 0 Å². The summed E-state index contributed by atoms with van der Waals surface area (Å²) in [4.78, 5) is 18.5. The lowest BCUT2D eigenvalue weighted by Crippen LogP contribution is -2.31. The van der Waals surface area contributed by atoms with Crippen LogP contribution in [0.5, 0.6) is 5.75 Å². The molecule has 26 heavy (non-hydrogen) atoms. The Balaban J connectivity index is 1.65. The van der Waals surface area contributed by atoms with E-state index in [1.165, 1.54) is 26.2 Å². The zero-order valence-electron chi connectivity index (χ0n) is 14.7. The van der Waals surface area contributed by atoms with E-state index in [2.05, 4.69) is 4.98 Å². The van der Waals surface area contributed by atoms with Gasteiger partial charge in [-0.05, 0) is 36.4 Å².